The molecule has 1 unspecified atom stereocenters. The van der Waals surface area contributed by atoms with E-state index in [-0.39, 0.29) is 29.8 Å². The van der Waals surface area contributed by atoms with Crippen molar-refractivity contribution < 1.29 is 8.91 Å². The number of guanidine groups is 1. The largest absolute Gasteiger partial charge is 0.347 e. The van der Waals surface area contributed by atoms with Crippen molar-refractivity contribution in [2.45, 2.75) is 26.3 Å². The van der Waals surface area contributed by atoms with Gasteiger partial charge in [0.05, 0.1) is 6.54 Å². The monoisotopic (exact) mass is 459 g/mol. The highest BCUT2D eigenvalue weighted by molar-refractivity contribution is 14.0. The van der Waals surface area contributed by atoms with E-state index in [1.54, 1.807) is 14.0 Å². The Balaban J connectivity index is 0.00000225. The van der Waals surface area contributed by atoms with Gasteiger partial charge in [0.2, 0.25) is 5.89 Å². The number of nitrogens with zero attached hydrogens (tertiary/aromatic N) is 4. The predicted octanol–water partition coefficient (Wildman–Crippen LogP) is 2.78. The molecular weight excluding hydrogens is 436 g/mol. The summed E-state index contributed by atoms with van der Waals surface area (Å²) < 4.78 is 18.1. The first-order chi connectivity index (χ1) is 11.6. The molecule has 1 aliphatic rings. The first-order valence-electron chi connectivity index (χ1n) is 8.13. The molecule has 0 aliphatic carbocycles. The Labute approximate surface area is 163 Å². The van der Waals surface area contributed by atoms with Gasteiger partial charge < -0.3 is 14.7 Å². The van der Waals surface area contributed by atoms with Crippen molar-refractivity contribution in [3.8, 4) is 0 Å². The maximum absolute atomic E-state index is 13.0. The van der Waals surface area contributed by atoms with Crippen molar-refractivity contribution in [3.63, 3.8) is 0 Å². The maximum Gasteiger partial charge on any atom is 0.246 e. The van der Waals surface area contributed by atoms with Crippen LogP contribution in [0.1, 0.15) is 23.7 Å². The molecule has 1 atom stereocenters. The van der Waals surface area contributed by atoms with Gasteiger partial charge in [-0.2, -0.15) is 4.98 Å². The Hall–Kier alpha value is -1.71. The lowest BCUT2D eigenvalue weighted by atomic mass is 9.99. The molecule has 0 spiro atoms. The molecule has 1 aliphatic heterocycles. The fourth-order valence-electron chi connectivity index (χ4n) is 3.04. The van der Waals surface area contributed by atoms with Crippen LogP contribution >= 0.6 is 24.0 Å². The molecule has 2 heterocycles. The molecule has 25 heavy (non-hydrogen) atoms. The van der Waals surface area contributed by atoms with Gasteiger partial charge in [-0.1, -0.05) is 17.3 Å². The van der Waals surface area contributed by atoms with Gasteiger partial charge in [-0.05, 0) is 43.4 Å². The zero-order valence-corrected chi connectivity index (χ0v) is 16.7. The summed E-state index contributed by atoms with van der Waals surface area (Å²) in [4.78, 5) is 10.7. The molecule has 2 aromatic rings. The number of halogens is 2. The minimum Gasteiger partial charge on any atom is -0.347 e. The van der Waals surface area contributed by atoms with E-state index in [2.05, 4.69) is 25.3 Å². The minimum atomic E-state index is -0.187. The van der Waals surface area contributed by atoms with Gasteiger partial charge in [0.1, 0.15) is 5.82 Å². The van der Waals surface area contributed by atoms with Crippen LogP contribution in [0.3, 0.4) is 0 Å². The Morgan fingerprint density at radius 1 is 1.40 bits per heavy atom. The zero-order chi connectivity index (χ0) is 16.9. The molecule has 8 heteroatoms. The van der Waals surface area contributed by atoms with Crippen molar-refractivity contribution >= 4 is 29.9 Å². The Bertz CT molecular complexity index is 703. The highest BCUT2D eigenvalue weighted by atomic mass is 127. The molecule has 0 bridgehead atoms. The molecule has 1 saturated heterocycles. The summed E-state index contributed by atoms with van der Waals surface area (Å²) in [5.41, 5.74) is 1.17. The minimum absolute atomic E-state index is 0. The molecule has 1 fully saturated rings. The summed E-state index contributed by atoms with van der Waals surface area (Å²) in [6.45, 7) is 4.14. The number of benzene rings is 1. The van der Waals surface area contributed by atoms with Crippen molar-refractivity contribution in [2.24, 2.45) is 10.9 Å². The van der Waals surface area contributed by atoms with E-state index in [1.807, 2.05) is 12.1 Å². The topological polar surface area (TPSA) is 66.5 Å². The van der Waals surface area contributed by atoms with Gasteiger partial charge in [-0.25, -0.2) is 4.39 Å². The predicted molar refractivity (Wildman–Crippen MR) is 104 cm³/mol. The van der Waals surface area contributed by atoms with Gasteiger partial charge in [0.15, 0.2) is 11.8 Å². The molecule has 1 N–H and O–H groups in total. The number of aryl methyl sites for hydroxylation is 1. The second-order valence-electron chi connectivity index (χ2n) is 6.07. The van der Waals surface area contributed by atoms with E-state index < -0.39 is 0 Å². The summed E-state index contributed by atoms with van der Waals surface area (Å²) in [5, 5.41) is 7.04. The highest BCUT2D eigenvalue weighted by Crippen LogP contribution is 2.21. The Morgan fingerprint density at radius 2 is 2.16 bits per heavy atom. The molecular formula is C17H23FIN5O. The quantitative estimate of drug-likeness (QED) is 0.433. The average molecular weight is 459 g/mol. The number of rotatable bonds is 4. The van der Waals surface area contributed by atoms with E-state index in [0.717, 1.165) is 31.9 Å². The third kappa shape index (κ3) is 5.38. The second-order valence-corrected chi connectivity index (χ2v) is 6.07. The number of aromatic nitrogens is 2. The van der Waals surface area contributed by atoms with Crippen LogP contribution < -0.4 is 5.32 Å². The smallest absolute Gasteiger partial charge is 0.246 e. The first kappa shape index (κ1) is 19.6. The molecule has 3 rings (SSSR count). The van der Waals surface area contributed by atoms with E-state index in [9.17, 15) is 4.39 Å². The van der Waals surface area contributed by atoms with E-state index in [0.29, 0.717) is 24.2 Å². The Kier molecular flexibility index (Phi) is 7.15. The third-order valence-corrected chi connectivity index (χ3v) is 4.20. The fourth-order valence-corrected chi connectivity index (χ4v) is 3.04. The van der Waals surface area contributed by atoms with Crippen molar-refractivity contribution in [2.75, 3.05) is 20.1 Å². The highest BCUT2D eigenvalue weighted by Gasteiger charge is 2.25. The maximum atomic E-state index is 13.0. The summed E-state index contributed by atoms with van der Waals surface area (Å²) in [5.74, 6) is 2.37. The molecule has 0 radical (unpaired) electrons. The number of hydrogen-bond acceptors (Lipinski definition) is 4. The van der Waals surface area contributed by atoms with Crippen LogP contribution in [0.4, 0.5) is 4.39 Å². The van der Waals surface area contributed by atoms with E-state index >= 15 is 0 Å². The number of likely N-dealkylation sites (tertiary alicyclic amines) is 1. The summed E-state index contributed by atoms with van der Waals surface area (Å²) in [6.07, 6.45) is 2.05. The summed E-state index contributed by atoms with van der Waals surface area (Å²) >= 11 is 0. The van der Waals surface area contributed by atoms with Crippen LogP contribution in [0, 0.1) is 18.7 Å². The SMILES string of the molecule is CN=C(NCc1nc(C)no1)N1CCC(Cc2ccc(F)cc2)C1.I. The molecule has 0 amide bonds. The fraction of sp³-hybridized carbons (Fsp3) is 0.471. The van der Waals surface area contributed by atoms with Gasteiger partial charge in [-0.15, -0.1) is 24.0 Å². The van der Waals surface area contributed by atoms with Crippen LogP contribution in [-0.2, 0) is 13.0 Å². The van der Waals surface area contributed by atoms with Gasteiger partial charge >= 0.3 is 0 Å². The van der Waals surface area contributed by atoms with Gasteiger partial charge in [0, 0.05) is 20.1 Å². The summed E-state index contributed by atoms with van der Waals surface area (Å²) in [6, 6.07) is 6.77. The van der Waals surface area contributed by atoms with Crippen LogP contribution in [0.25, 0.3) is 0 Å². The van der Waals surface area contributed by atoms with Crippen LogP contribution in [0.5, 0.6) is 0 Å². The molecule has 6 nitrogen and oxygen atoms in total. The molecule has 1 aromatic heterocycles. The van der Waals surface area contributed by atoms with Crippen molar-refractivity contribution in [3.05, 3.63) is 47.4 Å². The Morgan fingerprint density at radius 3 is 2.80 bits per heavy atom. The van der Waals surface area contributed by atoms with Crippen molar-refractivity contribution in [1.29, 1.82) is 0 Å². The van der Waals surface area contributed by atoms with Crippen molar-refractivity contribution in [1.82, 2.24) is 20.4 Å². The van der Waals surface area contributed by atoms with Gasteiger partial charge in [-0.3, -0.25) is 4.99 Å². The van der Waals surface area contributed by atoms with E-state index in [1.165, 1.54) is 17.7 Å². The number of aliphatic imine (C=N–C) groups is 1. The van der Waals surface area contributed by atoms with Gasteiger partial charge in [0.25, 0.3) is 0 Å². The first-order valence-corrected chi connectivity index (χ1v) is 8.13. The lowest BCUT2D eigenvalue weighted by Crippen LogP contribution is -2.39. The molecule has 1 aromatic carbocycles. The molecule has 0 saturated carbocycles. The standard InChI is InChI=1S/C17H22FN5O.HI/c1-12-21-16(24-22-12)10-20-17(19-2)23-8-7-14(11-23)9-13-3-5-15(18)6-4-13;/h3-6,14H,7-11H2,1-2H3,(H,19,20);1H. The second kappa shape index (κ2) is 9.12. The van der Waals surface area contributed by atoms with Crippen LogP contribution in [0.2, 0.25) is 0 Å². The van der Waals surface area contributed by atoms with Crippen LogP contribution in [0.15, 0.2) is 33.8 Å². The molecule has 136 valence electrons. The number of hydrogen-bond donors (Lipinski definition) is 1. The summed E-state index contributed by atoms with van der Waals surface area (Å²) in [7, 11) is 1.77. The number of nitrogens with one attached hydrogen (secondary N) is 1. The third-order valence-electron chi connectivity index (χ3n) is 4.20. The van der Waals surface area contributed by atoms with Crippen LogP contribution in [-0.4, -0.2) is 41.1 Å². The normalized spacial score (nSPS) is 17.5. The lowest BCUT2D eigenvalue weighted by molar-refractivity contribution is 0.367. The lowest BCUT2D eigenvalue weighted by Gasteiger charge is -2.21. The van der Waals surface area contributed by atoms with E-state index in [4.69, 9.17) is 4.52 Å². The average Bonchev–Trinajstić information content (AvgIpc) is 3.20. The zero-order valence-electron chi connectivity index (χ0n) is 14.4.